The molecule has 0 aliphatic carbocycles. The lowest BCUT2D eigenvalue weighted by atomic mass is 10.2. The van der Waals surface area contributed by atoms with E-state index in [-0.39, 0.29) is 5.91 Å². The molecule has 4 aliphatic heterocycles. The van der Waals surface area contributed by atoms with Crippen LogP contribution < -0.4 is 9.64 Å². The number of quaternary nitrogens is 1. The van der Waals surface area contributed by atoms with Crippen molar-refractivity contribution in [1.82, 2.24) is 14.9 Å². The van der Waals surface area contributed by atoms with E-state index in [4.69, 9.17) is 9.15 Å². The maximum Gasteiger partial charge on any atom is 0.298 e. The number of carbonyl (C=O) groups excluding carboxylic acids is 1. The van der Waals surface area contributed by atoms with Gasteiger partial charge in [-0.2, -0.15) is 9.58 Å². The van der Waals surface area contributed by atoms with Crippen LogP contribution in [0.5, 0.6) is 5.75 Å². The molecule has 0 saturated carbocycles. The van der Waals surface area contributed by atoms with E-state index in [2.05, 4.69) is 39.3 Å². The zero-order chi connectivity index (χ0) is 21.7. The molecule has 5 heterocycles. The van der Waals surface area contributed by atoms with Gasteiger partial charge in [0.25, 0.3) is 11.9 Å². The number of aromatic nitrogens is 1. The first kappa shape index (κ1) is 19.9. The highest BCUT2D eigenvalue weighted by atomic mass is 32.2. The van der Waals surface area contributed by atoms with Gasteiger partial charge < -0.3 is 19.0 Å². The Morgan fingerprint density at radius 3 is 2.88 bits per heavy atom. The molecule has 6 rings (SSSR count). The van der Waals surface area contributed by atoms with Gasteiger partial charge in [0.05, 0.1) is 31.6 Å². The summed E-state index contributed by atoms with van der Waals surface area (Å²) < 4.78 is 11.9. The Labute approximate surface area is 190 Å². The predicted octanol–water partition coefficient (Wildman–Crippen LogP) is 2.57. The monoisotopic (exact) mass is 452 g/mol. The molecule has 8 nitrogen and oxygen atoms in total. The minimum Gasteiger partial charge on any atom is -0.497 e. The van der Waals surface area contributed by atoms with Crippen molar-refractivity contribution in [3.05, 3.63) is 53.9 Å². The van der Waals surface area contributed by atoms with E-state index in [9.17, 15) is 4.79 Å². The number of thioether (sulfide) groups is 1. The van der Waals surface area contributed by atoms with Gasteiger partial charge in [-0.1, -0.05) is 0 Å². The number of carbonyl (C=O) groups is 1. The fourth-order valence-electron chi connectivity index (χ4n) is 4.95. The Hall–Kier alpha value is -2.75. The molecule has 0 N–H and O–H groups in total. The lowest BCUT2D eigenvalue weighted by Gasteiger charge is -2.43. The molecule has 2 saturated heterocycles. The number of hydrogen-bond donors (Lipinski definition) is 0. The van der Waals surface area contributed by atoms with Gasteiger partial charge in [-0.15, -0.1) is 16.8 Å². The first-order chi connectivity index (χ1) is 15.7. The van der Waals surface area contributed by atoms with Crippen molar-refractivity contribution in [2.45, 2.75) is 0 Å². The third kappa shape index (κ3) is 3.15. The van der Waals surface area contributed by atoms with Gasteiger partial charge in [-0.3, -0.25) is 4.79 Å². The van der Waals surface area contributed by atoms with Crippen LogP contribution in [0.3, 0.4) is 0 Å². The number of hydrogen-bond acceptors (Lipinski definition) is 7. The average Bonchev–Trinajstić information content (AvgIpc) is 3.61. The van der Waals surface area contributed by atoms with Crippen molar-refractivity contribution in [2.75, 3.05) is 62.9 Å². The molecule has 9 heteroatoms. The third-order valence-corrected chi connectivity index (χ3v) is 7.68. The Bertz CT molecular complexity index is 1160. The molecule has 2 fully saturated rings. The summed E-state index contributed by atoms with van der Waals surface area (Å²) in [5.41, 5.74) is 3.68. The highest BCUT2D eigenvalue weighted by molar-refractivity contribution is 7.99. The van der Waals surface area contributed by atoms with Crippen LogP contribution in [0, 0.1) is 0 Å². The summed E-state index contributed by atoms with van der Waals surface area (Å²) in [6, 6.07) is 6.36. The van der Waals surface area contributed by atoms with Crippen LogP contribution in [0.1, 0.15) is 0 Å². The molecule has 0 unspecified atom stereocenters. The van der Waals surface area contributed by atoms with E-state index in [0.717, 1.165) is 66.8 Å². The number of amides is 1. The minimum atomic E-state index is 0.191. The minimum absolute atomic E-state index is 0.191. The summed E-state index contributed by atoms with van der Waals surface area (Å²) in [5, 5.41) is 2.45. The molecule has 1 aromatic heterocycles. The van der Waals surface area contributed by atoms with Crippen LogP contribution in [0.2, 0.25) is 0 Å². The van der Waals surface area contributed by atoms with Gasteiger partial charge in [0.15, 0.2) is 11.3 Å². The summed E-state index contributed by atoms with van der Waals surface area (Å²) in [6.07, 6.45) is 8.57. The van der Waals surface area contributed by atoms with E-state index < -0.39 is 0 Å². The van der Waals surface area contributed by atoms with Gasteiger partial charge >= 0.3 is 0 Å². The summed E-state index contributed by atoms with van der Waals surface area (Å²) in [4.78, 5) is 21.8. The predicted molar refractivity (Wildman–Crippen MR) is 124 cm³/mol. The Balaban J connectivity index is 1.16. The van der Waals surface area contributed by atoms with Crippen LogP contribution in [0.15, 0.2) is 58.3 Å². The number of methoxy groups -OCH3 is 1. The van der Waals surface area contributed by atoms with Crippen molar-refractivity contribution in [3.63, 3.8) is 0 Å². The van der Waals surface area contributed by atoms with Crippen LogP contribution >= 0.6 is 11.8 Å². The van der Waals surface area contributed by atoms with Crippen molar-refractivity contribution >= 4 is 34.8 Å². The molecule has 0 bridgehead atoms. The molecule has 1 atom stereocenters. The fourth-order valence-corrected chi connectivity index (χ4v) is 5.90. The highest BCUT2D eigenvalue weighted by Gasteiger charge is 2.48. The van der Waals surface area contributed by atoms with Crippen molar-refractivity contribution in [3.8, 4) is 5.75 Å². The first-order valence-electron chi connectivity index (χ1n) is 11.0. The molecule has 0 radical (unpaired) electrons. The van der Waals surface area contributed by atoms with Crippen LogP contribution in [0.25, 0.3) is 11.1 Å². The number of oxazole rings is 1. The third-order valence-electron chi connectivity index (χ3n) is 6.71. The van der Waals surface area contributed by atoms with Crippen LogP contribution in [0.4, 0.5) is 6.01 Å². The Morgan fingerprint density at radius 1 is 1.22 bits per heavy atom. The maximum atomic E-state index is 13.0. The molecule has 166 valence electrons. The normalized spacial score (nSPS) is 25.4. The van der Waals surface area contributed by atoms with E-state index in [1.54, 1.807) is 7.11 Å². The van der Waals surface area contributed by atoms with E-state index in [1.807, 2.05) is 34.9 Å². The second-order valence-corrected chi connectivity index (χ2v) is 9.54. The second-order valence-electron chi connectivity index (χ2n) is 8.46. The molecule has 2 aromatic rings. The standard InChI is InChI=1S/C23H26N5O3S/c1-30-19-4-5-20-21(14-19)31-23(24-20)25-6-8-27(9-7-25)28-11-2-3-18(28)13-17(15-28)22(29)26-10-12-32-16-26/h2-5,11,13-14H,6-10,12,15-16H2,1H3/q+1/t28-/m1/s1. The van der Waals surface area contributed by atoms with Gasteiger partial charge in [0, 0.05) is 43.6 Å². The molecule has 4 aliphatic rings. The number of ether oxygens (including phenoxy) is 1. The van der Waals surface area contributed by atoms with Crippen LogP contribution in [-0.4, -0.2) is 83.4 Å². The van der Waals surface area contributed by atoms with Gasteiger partial charge in [-0.05, 0) is 18.2 Å². The largest absolute Gasteiger partial charge is 0.497 e. The topological polar surface area (TPSA) is 62.1 Å². The van der Waals surface area contributed by atoms with Gasteiger partial charge in [0.1, 0.15) is 24.0 Å². The fraction of sp³-hybridized carbons (Fsp3) is 0.391. The molecule has 32 heavy (non-hydrogen) atoms. The number of rotatable bonds is 4. The molecular formula is C23H26N5O3S+. The quantitative estimate of drug-likeness (QED) is 0.661. The number of benzene rings is 1. The first-order valence-corrected chi connectivity index (χ1v) is 12.1. The number of nitrogens with zero attached hydrogens (tertiary/aromatic N) is 5. The van der Waals surface area contributed by atoms with Gasteiger partial charge in [0.2, 0.25) is 0 Å². The molecular weight excluding hydrogens is 426 g/mol. The lowest BCUT2D eigenvalue weighted by molar-refractivity contribution is -0.948. The SMILES string of the molecule is COc1ccc2nc(N3CCN([N@@+]45C=CC=C4C=C(C(=O)N4CCSC4)C5)CC3)oc2c1. The van der Waals surface area contributed by atoms with Crippen LogP contribution in [-0.2, 0) is 4.79 Å². The zero-order valence-electron chi connectivity index (χ0n) is 18.1. The molecule has 0 spiro atoms. The van der Waals surface area contributed by atoms with E-state index in [0.29, 0.717) is 17.2 Å². The van der Waals surface area contributed by atoms with Crippen molar-refractivity contribution in [2.24, 2.45) is 0 Å². The average molecular weight is 453 g/mol. The number of anilines is 1. The van der Waals surface area contributed by atoms with Crippen molar-refractivity contribution < 1.29 is 18.5 Å². The number of piperazine rings is 1. The van der Waals surface area contributed by atoms with E-state index >= 15 is 0 Å². The lowest BCUT2D eigenvalue weighted by Crippen LogP contribution is -2.60. The van der Waals surface area contributed by atoms with Gasteiger partial charge in [-0.25, -0.2) is 0 Å². The van der Waals surface area contributed by atoms with Crippen molar-refractivity contribution in [1.29, 1.82) is 0 Å². The molecule has 1 amide bonds. The summed E-state index contributed by atoms with van der Waals surface area (Å²) in [5.74, 6) is 2.80. The van der Waals surface area contributed by atoms with E-state index in [1.165, 1.54) is 5.70 Å². The summed E-state index contributed by atoms with van der Waals surface area (Å²) in [7, 11) is 1.65. The molecule has 1 aromatic carbocycles. The maximum absolute atomic E-state index is 13.0. The number of fused-ring (bicyclic) bond motifs is 2. The Morgan fingerprint density at radius 2 is 2.09 bits per heavy atom. The summed E-state index contributed by atoms with van der Waals surface area (Å²) in [6.45, 7) is 4.90. The smallest absolute Gasteiger partial charge is 0.298 e. The number of allylic oxidation sites excluding steroid dienone is 3. The zero-order valence-corrected chi connectivity index (χ0v) is 18.9. The second kappa shape index (κ2) is 7.68. The summed E-state index contributed by atoms with van der Waals surface area (Å²) >= 11 is 1.83. The Kier molecular flexibility index (Phi) is 4.78. The highest BCUT2D eigenvalue weighted by Crippen LogP contribution is 2.38.